The number of nitrogens with one attached hydrogen (secondary N) is 1. The van der Waals surface area contributed by atoms with Gasteiger partial charge in [0.1, 0.15) is 0 Å². The highest BCUT2D eigenvalue weighted by atomic mass is 19.3. The van der Waals surface area contributed by atoms with Gasteiger partial charge in [-0.2, -0.15) is 0 Å². The summed E-state index contributed by atoms with van der Waals surface area (Å²) in [5.74, 6) is -2.49. The smallest absolute Gasteiger partial charge is 0.317 e. The zero-order valence-corrected chi connectivity index (χ0v) is 11.5. The Labute approximate surface area is 117 Å². The zero-order chi connectivity index (χ0) is 14.2. The van der Waals surface area contributed by atoms with E-state index in [0.29, 0.717) is 37.4 Å². The summed E-state index contributed by atoms with van der Waals surface area (Å²) in [6, 6.07) is 0.467. The van der Waals surface area contributed by atoms with Gasteiger partial charge in [0.05, 0.1) is 0 Å². The lowest BCUT2D eigenvalue weighted by molar-refractivity contribution is 0.0361. The van der Waals surface area contributed by atoms with Crippen LogP contribution >= 0.6 is 0 Å². The SMILES string of the molecule is NC1CC12CC(NC(=O)N1CCC3(CC1)CC3(F)F)C2. The molecule has 0 aromatic carbocycles. The summed E-state index contributed by atoms with van der Waals surface area (Å²) < 4.78 is 26.5. The van der Waals surface area contributed by atoms with Gasteiger partial charge < -0.3 is 16.0 Å². The highest BCUT2D eigenvalue weighted by Crippen LogP contribution is 2.65. The first-order valence-corrected chi connectivity index (χ1v) is 7.55. The normalized spacial score (nSPS) is 43.2. The van der Waals surface area contributed by atoms with Crippen LogP contribution in [-0.4, -0.2) is 42.0 Å². The molecule has 3 N–H and O–H groups in total. The molecule has 2 spiro atoms. The fourth-order valence-electron chi connectivity index (χ4n) is 4.20. The van der Waals surface area contributed by atoms with Crippen LogP contribution in [0, 0.1) is 10.8 Å². The number of amides is 2. The Morgan fingerprint density at radius 2 is 1.75 bits per heavy atom. The third-order valence-electron chi connectivity index (χ3n) is 6.11. The highest BCUT2D eigenvalue weighted by Gasteiger charge is 2.70. The van der Waals surface area contributed by atoms with E-state index in [2.05, 4.69) is 5.32 Å². The van der Waals surface area contributed by atoms with Crippen molar-refractivity contribution in [2.75, 3.05) is 13.1 Å². The average Bonchev–Trinajstić information content (AvgIpc) is 3.14. The number of urea groups is 1. The molecule has 4 fully saturated rings. The third kappa shape index (κ3) is 1.70. The molecule has 2 amide bonds. The van der Waals surface area contributed by atoms with E-state index in [4.69, 9.17) is 5.73 Å². The number of halogens is 2. The first-order chi connectivity index (χ1) is 9.36. The third-order valence-corrected chi connectivity index (χ3v) is 6.11. The minimum absolute atomic E-state index is 0.0124. The Kier molecular flexibility index (Phi) is 2.33. The van der Waals surface area contributed by atoms with Crippen molar-refractivity contribution in [3.63, 3.8) is 0 Å². The van der Waals surface area contributed by atoms with Crippen LogP contribution in [0.25, 0.3) is 0 Å². The van der Waals surface area contributed by atoms with Crippen molar-refractivity contribution in [2.45, 2.75) is 56.5 Å². The summed E-state index contributed by atoms with van der Waals surface area (Å²) in [6.45, 7) is 0.914. The van der Waals surface area contributed by atoms with Gasteiger partial charge in [-0.1, -0.05) is 0 Å². The minimum Gasteiger partial charge on any atom is -0.335 e. The van der Waals surface area contributed by atoms with Crippen molar-refractivity contribution in [1.82, 2.24) is 10.2 Å². The topological polar surface area (TPSA) is 58.4 Å². The van der Waals surface area contributed by atoms with E-state index in [-0.39, 0.29) is 18.5 Å². The average molecular weight is 285 g/mol. The van der Waals surface area contributed by atoms with Crippen molar-refractivity contribution < 1.29 is 13.6 Å². The number of nitrogens with two attached hydrogens (primary N) is 1. The molecule has 112 valence electrons. The largest absolute Gasteiger partial charge is 0.335 e. The minimum atomic E-state index is -2.49. The lowest BCUT2D eigenvalue weighted by atomic mass is 9.76. The highest BCUT2D eigenvalue weighted by molar-refractivity contribution is 5.75. The van der Waals surface area contributed by atoms with Crippen LogP contribution in [-0.2, 0) is 0 Å². The number of nitrogens with zero attached hydrogens (tertiary/aromatic N) is 1. The van der Waals surface area contributed by atoms with Gasteiger partial charge in [0.15, 0.2) is 0 Å². The van der Waals surface area contributed by atoms with Gasteiger partial charge in [0.2, 0.25) is 0 Å². The molecule has 4 aliphatic rings. The van der Waals surface area contributed by atoms with E-state index in [1.807, 2.05) is 0 Å². The van der Waals surface area contributed by atoms with Crippen molar-refractivity contribution in [1.29, 1.82) is 0 Å². The van der Waals surface area contributed by atoms with E-state index >= 15 is 0 Å². The van der Waals surface area contributed by atoms with E-state index in [9.17, 15) is 13.6 Å². The molecule has 0 bridgehead atoms. The van der Waals surface area contributed by atoms with Crippen molar-refractivity contribution in [2.24, 2.45) is 16.6 Å². The Bertz CT molecular complexity index is 453. The second-order valence-electron chi connectivity index (χ2n) is 7.38. The molecule has 4 nitrogen and oxygen atoms in total. The number of alkyl halides is 2. The quantitative estimate of drug-likeness (QED) is 0.770. The van der Waals surface area contributed by atoms with Crippen LogP contribution in [0.5, 0.6) is 0 Å². The maximum absolute atomic E-state index is 13.3. The van der Waals surface area contributed by atoms with Crippen LogP contribution in [0.2, 0.25) is 0 Å². The van der Waals surface area contributed by atoms with Gasteiger partial charge >= 0.3 is 6.03 Å². The number of hydrogen-bond acceptors (Lipinski definition) is 2. The molecule has 3 saturated carbocycles. The summed E-state index contributed by atoms with van der Waals surface area (Å²) in [7, 11) is 0. The molecule has 1 unspecified atom stereocenters. The fraction of sp³-hybridized carbons (Fsp3) is 0.929. The number of carbonyl (C=O) groups excluding carboxylic acids is 1. The fourth-order valence-corrected chi connectivity index (χ4v) is 4.20. The molecule has 0 radical (unpaired) electrons. The number of likely N-dealkylation sites (tertiary alicyclic amines) is 1. The lowest BCUT2D eigenvalue weighted by Crippen LogP contribution is -2.53. The van der Waals surface area contributed by atoms with Gasteiger partial charge in [-0.15, -0.1) is 0 Å². The Balaban J connectivity index is 1.25. The molecule has 0 aromatic heterocycles. The van der Waals surface area contributed by atoms with Gasteiger partial charge in [-0.05, 0) is 37.5 Å². The number of piperidine rings is 1. The van der Waals surface area contributed by atoms with Crippen LogP contribution in [0.3, 0.4) is 0 Å². The van der Waals surface area contributed by atoms with Crippen molar-refractivity contribution in [3.8, 4) is 0 Å². The Hall–Kier alpha value is -0.910. The Morgan fingerprint density at radius 1 is 1.20 bits per heavy atom. The van der Waals surface area contributed by atoms with Crippen molar-refractivity contribution >= 4 is 6.03 Å². The van der Waals surface area contributed by atoms with Crippen LogP contribution in [0.1, 0.15) is 38.5 Å². The molecule has 1 saturated heterocycles. The van der Waals surface area contributed by atoms with Gasteiger partial charge in [0.25, 0.3) is 5.92 Å². The standard InChI is InChI=1S/C14H21F2N3O/c15-14(16)8-13(14)1-3-19(4-2-13)11(20)18-9-5-12(6-9)7-10(12)17/h9-10H,1-8,17H2,(H,18,20). The summed E-state index contributed by atoms with van der Waals surface area (Å²) in [5.41, 5.74) is 5.40. The maximum Gasteiger partial charge on any atom is 0.317 e. The van der Waals surface area contributed by atoms with Gasteiger partial charge in [-0.25, -0.2) is 13.6 Å². The van der Waals surface area contributed by atoms with E-state index in [0.717, 1.165) is 19.3 Å². The Morgan fingerprint density at radius 3 is 2.20 bits per heavy atom. The summed E-state index contributed by atoms with van der Waals surface area (Å²) in [6.07, 6.45) is 3.94. The van der Waals surface area contributed by atoms with E-state index < -0.39 is 11.3 Å². The molecule has 1 heterocycles. The van der Waals surface area contributed by atoms with Crippen molar-refractivity contribution in [3.05, 3.63) is 0 Å². The second-order valence-corrected chi connectivity index (χ2v) is 7.38. The predicted molar refractivity (Wildman–Crippen MR) is 69.4 cm³/mol. The number of rotatable bonds is 1. The first-order valence-electron chi connectivity index (χ1n) is 7.55. The maximum atomic E-state index is 13.3. The second kappa shape index (κ2) is 3.64. The zero-order valence-electron chi connectivity index (χ0n) is 11.5. The van der Waals surface area contributed by atoms with Crippen LogP contribution < -0.4 is 11.1 Å². The molecule has 0 aromatic rings. The van der Waals surface area contributed by atoms with E-state index in [1.165, 1.54) is 0 Å². The molecule has 1 aliphatic heterocycles. The summed E-state index contributed by atoms with van der Waals surface area (Å²) >= 11 is 0. The number of hydrogen-bond donors (Lipinski definition) is 2. The van der Waals surface area contributed by atoms with Gasteiger partial charge in [-0.3, -0.25) is 0 Å². The van der Waals surface area contributed by atoms with Crippen LogP contribution in [0.15, 0.2) is 0 Å². The summed E-state index contributed by atoms with van der Waals surface area (Å²) in [4.78, 5) is 13.8. The molecular weight excluding hydrogens is 264 g/mol. The monoisotopic (exact) mass is 285 g/mol. The lowest BCUT2D eigenvalue weighted by Gasteiger charge is -2.39. The number of carbonyl (C=O) groups is 1. The first kappa shape index (κ1) is 12.8. The summed E-state index contributed by atoms with van der Waals surface area (Å²) in [5, 5.41) is 3.01. The predicted octanol–water partition coefficient (Wildman–Crippen LogP) is 1.70. The molecule has 3 aliphatic carbocycles. The van der Waals surface area contributed by atoms with Crippen LogP contribution in [0.4, 0.5) is 13.6 Å². The molecule has 4 rings (SSSR count). The molecule has 6 heteroatoms. The molecule has 1 atom stereocenters. The molecule has 20 heavy (non-hydrogen) atoms. The van der Waals surface area contributed by atoms with Gasteiger partial charge in [0, 0.05) is 37.0 Å². The van der Waals surface area contributed by atoms with E-state index in [1.54, 1.807) is 4.90 Å². The molecular formula is C14H21F2N3O.